The predicted octanol–water partition coefficient (Wildman–Crippen LogP) is 2.46. The first-order valence-electron chi connectivity index (χ1n) is 7.15. The van der Waals surface area contributed by atoms with Crippen molar-refractivity contribution in [2.45, 2.75) is 57.5 Å². The fourth-order valence-corrected chi connectivity index (χ4v) is 2.31. The van der Waals surface area contributed by atoms with Gasteiger partial charge >= 0.3 is 5.97 Å². The minimum atomic E-state index is -1.35. The SMILES string of the molecule is COC(=O)CCCCCCC(F)C(=O)N1CCCC1. The summed E-state index contributed by atoms with van der Waals surface area (Å²) in [6.45, 7) is 1.41. The van der Waals surface area contributed by atoms with Crippen LogP contribution in [0.3, 0.4) is 0 Å². The molecule has 0 bridgehead atoms. The van der Waals surface area contributed by atoms with Crippen molar-refractivity contribution in [3.05, 3.63) is 0 Å². The fraction of sp³-hybridized carbons (Fsp3) is 0.857. The van der Waals surface area contributed by atoms with Crippen LogP contribution in [-0.4, -0.2) is 43.1 Å². The number of alkyl halides is 1. The molecular weight excluding hydrogens is 249 g/mol. The number of hydrogen-bond acceptors (Lipinski definition) is 3. The Morgan fingerprint density at radius 2 is 1.79 bits per heavy atom. The third kappa shape index (κ3) is 6.03. The monoisotopic (exact) mass is 273 g/mol. The van der Waals surface area contributed by atoms with Crippen molar-refractivity contribution in [2.24, 2.45) is 0 Å². The number of methoxy groups -OCH3 is 1. The first-order chi connectivity index (χ1) is 9.15. The summed E-state index contributed by atoms with van der Waals surface area (Å²) >= 11 is 0. The molecule has 1 saturated heterocycles. The van der Waals surface area contributed by atoms with E-state index in [9.17, 15) is 14.0 Å². The molecule has 0 aliphatic carbocycles. The number of amides is 1. The summed E-state index contributed by atoms with van der Waals surface area (Å²) in [4.78, 5) is 24.2. The highest BCUT2D eigenvalue weighted by Crippen LogP contribution is 2.15. The summed E-state index contributed by atoms with van der Waals surface area (Å²) in [7, 11) is 1.37. The zero-order chi connectivity index (χ0) is 14.1. The Balaban J connectivity index is 2.02. The van der Waals surface area contributed by atoms with Gasteiger partial charge in [-0.3, -0.25) is 9.59 Å². The average Bonchev–Trinajstić information content (AvgIpc) is 2.95. The van der Waals surface area contributed by atoms with E-state index in [-0.39, 0.29) is 11.9 Å². The van der Waals surface area contributed by atoms with E-state index < -0.39 is 6.17 Å². The van der Waals surface area contributed by atoms with E-state index in [1.165, 1.54) is 7.11 Å². The Morgan fingerprint density at radius 3 is 2.42 bits per heavy atom. The van der Waals surface area contributed by atoms with Gasteiger partial charge in [0.25, 0.3) is 5.91 Å². The molecule has 0 aromatic carbocycles. The Bertz CT molecular complexity index is 290. The van der Waals surface area contributed by atoms with Crippen molar-refractivity contribution in [3.8, 4) is 0 Å². The zero-order valence-corrected chi connectivity index (χ0v) is 11.7. The molecule has 110 valence electrons. The van der Waals surface area contributed by atoms with Crippen LogP contribution in [0.25, 0.3) is 0 Å². The van der Waals surface area contributed by atoms with Gasteiger partial charge in [0, 0.05) is 19.5 Å². The number of halogens is 1. The van der Waals surface area contributed by atoms with Gasteiger partial charge in [-0.25, -0.2) is 4.39 Å². The molecule has 1 heterocycles. The van der Waals surface area contributed by atoms with Gasteiger partial charge in [-0.15, -0.1) is 0 Å². The van der Waals surface area contributed by atoms with Crippen molar-refractivity contribution >= 4 is 11.9 Å². The maximum atomic E-state index is 13.7. The van der Waals surface area contributed by atoms with E-state index in [2.05, 4.69) is 4.74 Å². The third-order valence-electron chi connectivity index (χ3n) is 3.50. The van der Waals surface area contributed by atoms with Gasteiger partial charge in [0.05, 0.1) is 7.11 Å². The van der Waals surface area contributed by atoms with Crippen LogP contribution in [0.2, 0.25) is 0 Å². The Labute approximate surface area is 114 Å². The van der Waals surface area contributed by atoms with E-state index in [4.69, 9.17) is 0 Å². The zero-order valence-electron chi connectivity index (χ0n) is 11.7. The summed E-state index contributed by atoms with van der Waals surface area (Å²) < 4.78 is 18.2. The van der Waals surface area contributed by atoms with Gasteiger partial charge in [-0.1, -0.05) is 19.3 Å². The molecule has 1 unspecified atom stereocenters. The second kappa shape index (κ2) is 8.88. The summed E-state index contributed by atoms with van der Waals surface area (Å²) in [6, 6.07) is 0. The first-order valence-corrected chi connectivity index (χ1v) is 7.15. The molecule has 1 aliphatic rings. The maximum Gasteiger partial charge on any atom is 0.305 e. The number of likely N-dealkylation sites (tertiary alicyclic amines) is 1. The minimum Gasteiger partial charge on any atom is -0.469 e. The van der Waals surface area contributed by atoms with E-state index in [1.807, 2.05) is 0 Å². The number of esters is 1. The molecular formula is C14H24FNO3. The van der Waals surface area contributed by atoms with E-state index in [0.29, 0.717) is 32.4 Å². The van der Waals surface area contributed by atoms with Gasteiger partial charge in [-0.2, -0.15) is 0 Å². The number of hydrogen-bond donors (Lipinski definition) is 0. The molecule has 0 aromatic heterocycles. The first kappa shape index (κ1) is 15.9. The van der Waals surface area contributed by atoms with Crippen LogP contribution >= 0.6 is 0 Å². The molecule has 5 heteroatoms. The van der Waals surface area contributed by atoms with Crippen LogP contribution in [0.1, 0.15) is 51.4 Å². The van der Waals surface area contributed by atoms with Crippen LogP contribution in [0, 0.1) is 0 Å². The second-order valence-electron chi connectivity index (χ2n) is 5.03. The minimum absolute atomic E-state index is 0.201. The number of rotatable bonds is 8. The van der Waals surface area contributed by atoms with Crippen molar-refractivity contribution < 1.29 is 18.7 Å². The molecule has 1 amide bonds. The molecule has 0 spiro atoms. The van der Waals surface area contributed by atoms with Gasteiger partial charge in [0.15, 0.2) is 6.17 Å². The van der Waals surface area contributed by atoms with Gasteiger partial charge in [-0.05, 0) is 25.7 Å². The molecule has 1 aliphatic heterocycles. The van der Waals surface area contributed by atoms with Crippen LogP contribution < -0.4 is 0 Å². The number of carbonyl (C=O) groups is 2. The van der Waals surface area contributed by atoms with Gasteiger partial charge < -0.3 is 9.64 Å². The molecule has 0 saturated carbocycles. The average molecular weight is 273 g/mol. The predicted molar refractivity (Wildman–Crippen MR) is 70.4 cm³/mol. The van der Waals surface area contributed by atoms with Crippen molar-refractivity contribution in [2.75, 3.05) is 20.2 Å². The third-order valence-corrected chi connectivity index (χ3v) is 3.50. The molecule has 4 nitrogen and oxygen atoms in total. The summed E-state index contributed by atoms with van der Waals surface area (Å²) in [5.74, 6) is -0.542. The lowest BCUT2D eigenvalue weighted by Gasteiger charge is -2.17. The fourth-order valence-electron chi connectivity index (χ4n) is 2.31. The topological polar surface area (TPSA) is 46.6 Å². The van der Waals surface area contributed by atoms with E-state index >= 15 is 0 Å². The van der Waals surface area contributed by atoms with Crippen LogP contribution in [0.4, 0.5) is 4.39 Å². The van der Waals surface area contributed by atoms with Crippen LogP contribution in [0.15, 0.2) is 0 Å². The highest BCUT2D eigenvalue weighted by molar-refractivity contribution is 5.80. The molecule has 1 fully saturated rings. The number of nitrogens with zero attached hydrogens (tertiary/aromatic N) is 1. The highest BCUT2D eigenvalue weighted by Gasteiger charge is 2.25. The van der Waals surface area contributed by atoms with Crippen molar-refractivity contribution in [3.63, 3.8) is 0 Å². The number of unbranched alkanes of at least 4 members (excludes halogenated alkanes) is 3. The summed E-state index contributed by atoms with van der Waals surface area (Å²) in [6.07, 6.45) is 4.54. The summed E-state index contributed by atoms with van der Waals surface area (Å²) in [5, 5.41) is 0. The maximum absolute atomic E-state index is 13.7. The Kier molecular flexibility index (Phi) is 7.45. The second-order valence-corrected chi connectivity index (χ2v) is 5.03. The highest BCUT2D eigenvalue weighted by atomic mass is 19.1. The largest absolute Gasteiger partial charge is 0.469 e. The Morgan fingerprint density at radius 1 is 1.16 bits per heavy atom. The number of ether oxygens (including phenoxy) is 1. The molecule has 1 atom stereocenters. The molecule has 0 N–H and O–H groups in total. The standard InChI is InChI=1S/C14H24FNO3/c1-19-13(17)9-5-3-2-4-8-12(15)14(18)16-10-6-7-11-16/h12H,2-11H2,1H3. The van der Waals surface area contributed by atoms with Gasteiger partial charge in [0.1, 0.15) is 0 Å². The smallest absolute Gasteiger partial charge is 0.305 e. The molecule has 0 radical (unpaired) electrons. The normalized spacial score (nSPS) is 16.4. The lowest BCUT2D eigenvalue weighted by atomic mass is 10.1. The lowest BCUT2D eigenvalue weighted by Crippen LogP contribution is -2.34. The molecule has 0 aromatic rings. The lowest BCUT2D eigenvalue weighted by molar-refractivity contribution is -0.140. The van der Waals surface area contributed by atoms with Gasteiger partial charge in [0.2, 0.25) is 0 Å². The van der Waals surface area contributed by atoms with Crippen LogP contribution in [-0.2, 0) is 14.3 Å². The van der Waals surface area contributed by atoms with E-state index in [0.717, 1.165) is 32.1 Å². The Hall–Kier alpha value is -1.13. The van der Waals surface area contributed by atoms with Crippen molar-refractivity contribution in [1.82, 2.24) is 4.90 Å². The molecule has 19 heavy (non-hydrogen) atoms. The van der Waals surface area contributed by atoms with E-state index in [1.54, 1.807) is 4.90 Å². The van der Waals surface area contributed by atoms with Crippen LogP contribution in [0.5, 0.6) is 0 Å². The summed E-state index contributed by atoms with van der Waals surface area (Å²) in [5.41, 5.74) is 0. The molecule has 1 rings (SSSR count). The quantitative estimate of drug-likeness (QED) is 0.504. The van der Waals surface area contributed by atoms with Crippen molar-refractivity contribution in [1.29, 1.82) is 0 Å². The number of carbonyl (C=O) groups excluding carboxylic acids is 2.